The molecular formula is C13H17ClO2. The Morgan fingerprint density at radius 3 is 2.38 bits per heavy atom. The van der Waals surface area contributed by atoms with E-state index in [9.17, 15) is 5.11 Å². The zero-order valence-corrected chi connectivity index (χ0v) is 10.4. The highest BCUT2D eigenvalue weighted by molar-refractivity contribution is 6.30. The Balaban J connectivity index is 2.21. The van der Waals surface area contributed by atoms with E-state index in [1.807, 2.05) is 26.0 Å². The molecule has 1 fully saturated rings. The molecule has 1 aliphatic rings. The average Bonchev–Trinajstić information content (AvgIpc) is 2.57. The summed E-state index contributed by atoms with van der Waals surface area (Å²) in [7, 11) is 0. The second kappa shape index (κ2) is 4.64. The third-order valence-corrected chi connectivity index (χ3v) is 3.33. The highest BCUT2D eigenvalue weighted by Crippen LogP contribution is 2.31. The molecule has 2 rings (SSSR count). The number of aliphatic hydroxyl groups is 1. The smallest absolute Gasteiger partial charge is 0.125 e. The van der Waals surface area contributed by atoms with Crippen molar-refractivity contribution in [1.29, 1.82) is 0 Å². The van der Waals surface area contributed by atoms with Gasteiger partial charge in [-0.15, -0.1) is 0 Å². The van der Waals surface area contributed by atoms with Gasteiger partial charge in [0.2, 0.25) is 0 Å². The molecule has 1 N–H and O–H groups in total. The Morgan fingerprint density at radius 1 is 1.25 bits per heavy atom. The van der Waals surface area contributed by atoms with Gasteiger partial charge < -0.3 is 9.84 Å². The van der Waals surface area contributed by atoms with E-state index < -0.39 is 0 Å². The molecule has 16 heavy (non-hydrogen) atoms. The molecule has 0 heterocycles. The van der Waals surface area contributed by atoms with Crippen molar-refractivity contribution in [1.82, 2.24) is 0 Å². The van der Waals surface area contributed by atoms with E-state index in [-0.39, 0.29) is 12.2 Å². The number of ether oxygens (including phenoxy) is 1. The van der Waals surface area contributed by atoms with Crippen LogP contribution in [-0.4, -0.2) is 17.3 Å². The van der Waals surface area contributed by atoms with Gasteiger partial charge in [0.25, 0.3) is 0 Å². The van der Waals surface area contributed by atoms with Crippen LogP contribution >= 0.6 is 11.6 Å². The molecular weight excluding hydrogens is 224 g/mol. The van der Waals surface area contributed by atoms with Gasteiger partial charge in [0, 0.05) is 5.02 Å². The lowest BCUT2D eigenvalue weighted by atomic mass is 10.1. The minimum Gasteiger partial charge on any atom is -0.487 e. The van der Waals surface area contributed by atoms with E-state index in [4.69, 9.17) is 16.3 Å². The Morgan fingerprint density at radius 2 is 1.88 bits per heavy atom. The van der Waals surface area contributed by atoms with E-state index in [0.717, 1.165) is 41.2 Å². The van der Waals surface area contributed by atoms with Crippen molar-refractivity contribution in [2.45, 2.75) is 45.3 Å². The van der Waals surface area contributed by atoms with Crippen LogP contribution in [0.2, 0.25) is 5.02 Å². The molecule has 2 nitrogen and oxygen atoms in total. The van der Waals surface area contributed by atoms with E-state index in [2.05, 4.69) is 0 Å². The van der Waals surface area contributed by atoms with Crippen LogP contribution in [-0.2, 0) is 0 Å². The van der Waals surface area contributed by atoms with E-state index in [1.165, 1.54) is 0 Å². The number of aryl methyl sites for hydroxylation is 2. The molecule has 0 aromatic heterocycles. The minimum absolute atomic E-state index is 0.0569. The summed E-state index contributed by atoms with van der Waals surface area (Å²) in [6.07, 6.45) is 2.43. The molecule has 0 unspecified atom stereocenters. The number of aliphatic hydroxyl groups excluding tert-OH is 1. The van der Waals surface area contributed by atoms with E-state index in [1.54, 1.807) is 0 Å². The number of benzene rings is 1. The summed E-state index contributed by atoms with van der Waals surface area (Å²) in [5.41, 5.74) is 2.06. The number of halogens is 1. The largest absolute Gasteiger partial charge is 0.487 e. The van der Waals surface area contributed by atoms with E-state index >= 15 is 0 Å². The Kier molecular flexibility index (Phi) is 3.41. The predicted octanol–water partition coefficient (Wildman–Crippen LogP) is 3.25. The number of rotatable bonds is 2. The summed E-state index contributed by atoms with van der Waals surface area (Å²) < 4.78 is 5.90. The molecule has 1 aromatic rings. The van der Waals surface area contributed by atoms with Crippen molar-refractivity contribution in [2.75, 3.05) is 0 Å². The summed E-state index contributed by atoms with van der Waals surface area (Å²) in [5.74, 6) is 0.871. The fraction of sp³-hybridized carbons (Fsp3) is 0.538. The van der Waals surface area contributed by atoms with Crippen LogP contribution in [0.3, 0.4) is 0 Å². The maximum atomic E-state index is 9.74. The fourth-order valence-corrected chi connectivity index (χ4v) is 2.61. The van der Waals surface area contributed by atoms with Crippen LogP contribution in [0.1, 0.15) is 30.4 Å². The van der Waals surface area contributed by atoms with Gasteiger partial charge in [-0.1, -0.05) is 11.6 Å². The van der Waals surface area contributed by atoms with Gasteiger partial charge in [0.05, 0.1) is 6.10 Å². The van der Waals surface area contributed by atoms with Crippen molar-refractivity contribution in [3.05, 3.63) is 28.3 Å². The van der Waals surface area contributed by atoms with Crippen LogP contribution < -0.4 is 4.74 Å². The molecule has 0 aliphatic heterocycles. The van der Waals surface area contributed by atoms with Crippen molar-refractivity contribution in [3.63, 3.8) is 0 Å². The molecule has 2 atom stereocenters. The third-order valence-electron chi connectivity index (χ3n) is 3.11. The Hall–Kier alpha value is -0.730. The lowest BCUT2D eigenvalue weighted by Crippen LogP contribution is -2.26. The summed E-state index contributed by atoms with van der Waals surface area (Å²) >= 11 is 5.96. The van der Waals surface area contributed by atoms with Crippen molar-refractivity contribution >= 4 is 11.6 Å². The fourth-order valence-electron chi connectivity index (χ4n) is 2.28. The van der Waals surface area contributed by atoms with Crippen molar-refractivity contribution < 1.29 is 9.84 Å². The number of hydrogen-bond donors (Lipinski definition) is 1. The van der Waals surface area contributed by atoms with Gasteiger partial charge >= 0.3 is 0 Å². The topological polar surface area (TPSA) is 29.5 Å². The first-order valence-corrected chi connectivity index (χ1v) is 6.07. The maximum Gasteiger partial charge on any atom is 0.125 e. The normalized spacial score (nSPS) is 24.8. The number of hydrogen-bond acceptors (Lipinski definition) is 2. The monoisotopic (exact) mass is 240 g/mol. The van der Waals surface area contributed by atoms with Gasteiger partial charge in [0.1, 0.15) is 11.9 Å². The molecule has 0 spiro atoms. The average molecular weight is 241 g/mol. The second-order valence-electron chi connectivity index (χ2n) is 4.52. The Bertz CT molecular complexity index is 367. The Labute approximate surface area is 101 Å². The van der Waals surface area contributed by atoms with Crippen LogP contribution in [0.15, 0.2) is 12.1 Å². The predicted molar refractivity (Wildman–Crippen MR) is 65.2 cm³/mol. The molecule has 1 aromatic carbocycles. The van der Waals surface area contributed by atoms with Gasteiger partial charge in [-0.2, -0.15) is 0 Å². The van der Waals surface area contributed by atoms with Gasteiger partial charge in [-0.3, -0.25) is 0 Å². The van der Waals surface area contributed by atoms with E-state index in [0.29, 0.717) is 0 Å². The summed E-state index contributed by atoms with van der Waals surface area (Å²) in [6.45, 7) is 3.96. The summed E-state index contributed by atoms with van der Waals surface area (Å²) in [4.78, 5) is 0. The highest BCUT2D eigenvalue weighted by Gasteiger charge is 2.27. The van der Waals surface area contributed by atoms with Crippen LogP contribution in [0.25, 0.3) is 0 Å². The molecule has 1 saturated carbocycles. The van der Waals surface area contributed by atoms with Gasteiger partial charge in [-0.25, -0.2) is 0 Å². The van der Waals surface area contributed by atoms with Crippen molar-refractivity contribution in [2.24, 2.45) is 0 Å². The molecule has 0 radical (unpaired) electrons. The molecule has 88 valence electrons. The third kappa shape index (κ3) is 2.33. The molecule has 1 aliphatic carbocycles. The lowest BCUT2D eigenvalue weighted by Gasteiger charge is -2.20. The first-order chi connectivity index (χ1) is 7.58. The highest BCUT2D eigenvalue weighted by atomic mass is 35.5. The minimum atomic E-state index is -0.325. The second-order valence-corrected chi connectivity index (χ2v) is 4.96. The molecule has 0 saturated heterocycles. The lowest BCUT2D eigenvalue weighted by molar-refractivity contribution is 0.0595. The SMILES string of the molecule is Cc1cc(Cl)cc(C)c1O[C@H]1CCC[C@@H]1O. The van der Waals surface area contributed by atoms with Crippen LogP contribution in [0.5, 0.6) is 5.75 Å². The van der Waals surface area contributed by atoms with Crippen molar-refractivity contribution in [3.8, 4) is 5.75 Å². The first kappa shape index (κ1) is 11.7. The standard InChI is InChI=1S/C13H17ClO2/c1-8-6-10(14)7-9(2)13(8)16-12-5-3-4-11(12)15/h6-7,11-12,15H,3-5H2,1-2H3/t11-,12-/m0/s1. The molecule has 0 amide bonds. The molecule has 0 bridgehead atoms. The molecule has 3 heteroatoms. The summed E-state index contributed by atoms with van der Waals surface area (Å²) in [5, 5.41) is 10.5. The zero-order valence-electron chi connectivity index (χ0n) is 9.66. The maximum absolute atomic E-state index is 9.74. The van der Waals surface area contributed by atoms with Gasteiger partial charge in [-0.05, 0) is 56.4 Å². The quantitative estimate of drug-likeness (QED) is 0.860. The van der Waals surface area contributed by atoms with Gasteiger partial charge in [0.15, 0.2) is 0 Å². The summed E-state index contributed by atoms with van der Waals surface area (Å²) in [6, 6.07) is 3.79. The zero-order chi connectivity index (χ0) is 11.7. The van der Waals surface area contributed by atoms with Crippen LogP contribution in [0, 0.1) is 13.8 Å². The van der Waals surface area contributed by atoms with Crippen LogP contribution in [0.4, 0.5) is 0 Å². The first-order valence-electron chi connectivity index (χ1n) is 5.69.